The van der Waals surface area contributed by atoms with Gasteiger partial charge in [-0.25, -0.2) is 4.79 Å². The molecule has 1 heterocycles. The molecule has 1 aromatic carbocycles. The predicted octanol–water partition coefficient (Wildman–Crippen LogP) is 2.22. The maximum atomic E-state index is 11.0. The van der Waals surface area contributed by atoms with Crippen LogP contribution in [-0.2, 0) is 0 Å². The summed E-state index contributed by atoms with van der Waals surface area (Å²) in [4.78, 5) is 15.7. The Balaban J connectivity index is 2.25. The van der Waals surface area contributed by atoms with Crippen molar-refractivity contribution in [2.45, 2.75) is 32.9 Å². The quantitative estimate of drug-likeness (QED) is 0.887. The van der Waals surface area contributed by atoms with Gasteiger partial charge in [0.15, 0.2) is 0 Å². The molecule has 0 bridgehead atoms. The van der Waals surface area contributed by atoms with Crippen LogP contribution >= 0.6 is 0 Å². The minimum atomic E-state index is -0.866. The van der Waals surface area contributed by atoms with E-state index >= 15 is 0 Å². The molecule has 1 aromatic rings. The number of hydrogen-bond donors (Lipinski definition) is 1. The lowest BCUT2D eigenvalue weighted by atomic mass is 10.0. The van der Waals surface area contributed by atoms with Crippen molar-refractivity contribution in [1.29, 1.82) is 0 Å². The largest absolute Gasteiger partial charge is 0.478 e. The van der Waals surface area contributed by atoms with E-state index in [1.807, 2.05) is 13.0 Å². The third-order valence-electron chi connectivity index (χ3n) is 4.14. The van der Waals surface area contributed by atoms with E-state index < -0.39 is 5.97 Å². The highest BCUT2D eigenvalue weighted by atomic mass is 16.4. The summed E-state index contributed by atoms with van der Waals surface area (Å²) in [5, 5.41) is 9.01. The molecule has 0 radical (unpaired) electrons. The molecule has 0 saturated carbocycles. The second kappa shape index (κ2) is 5.21. The number of carboxylic acid groups (broad SMARTS) is 1. The lowest BCUT2D eigenvalue weighted by Crippen LogP contribution is -2.55. The Kier molecular flexibility index (Phi) is 3.80. The zero-order valence-corrected chi connectivity index (χ0v) is 12.1. The first kappa shape index (κ1) is 13.9. The van der Waals surface area contributed by atoms with Gasteiger partial charge < -0.3 is 10.0 Å². The molecule has 1 N–H and O–H groups in total. The Morgan fingerprint density at radius 1 is 1.26 bits per heavy atom. The molecule has 1 aliphatic heterocycles. The van der Waals surface area contributed by atoms with E-state index in [-0.39, 0.29) is 0 Å². The average molecular weight is 262 g/mol. The third kappa shape index (κ3) is 2.73. The van der Waals surface area contributed by atoms with Crippen LogP contribution in [0.25, 0.3) is 0 Å². The number of carbonyl (C=O) groups is 1. The van der Waals surface area contributed by atoms with Crippen molar-refractivity contribution in [2.75, 3.05) is 25.0 Å². The van der Waals surface area contributed by atoms with E-state index in [0.29, 0.717) is 17.6 Å². The molecule has 4 nitrogen and oxygen atoms in total. The standard InChI is InChI=1S/C15H22N2O2/c1-10-7-13(15(18)19)5-6-14(10)17-8-11(2)16(4)12(3)9-17/h5-7,11-12H,8-9H2,1-4H3,(H,18,19). The van der Waals surface area contributed by atoms with Gasteiger partial charge in [-0.2, -0.15) is 0 Å². The summed E-state index contributed by atoms with van der Waals surface area (Å²) in [6.07, 6.45) is 0. The van der Waals surface area contributed by atoms with Gasteiger partial charge in [0.05, 0.1) is 5.56 Å². The van der Waals surface area contributed by atoms with Crippen LogP contribution in [0.1, 0.15) is 29.8 Å². The highest BCUT2D eigenvalue weighted by molar-refractivity contribution is 5.88. The molecule has 0 aromatic heterocycles. The molecular weight excluding hydrogens is 240 g/mol. The third-order valence-corrected chi connectivity index (χ3v) is 4.14. The molecule has 0 aliphatic carbocycles. The summed E-state index contributed by atoms with van der Waals surface area (Å²) in [5.74, 6) is -0.866. The molecule has 0 amide bonds. The zero-order valence-electron chi connectivity index (χ0n) is 12.1. The minimum absolute atomic E-state index is 0.358. The number of likely N-dealkylation sites (N-methyl/N-ethyl adjacent to an activating group) is 1. The number of nitrogens with zero attached hydrogens (tertiary/aromatic N) is 2. The first-order valence-electron chi connectivity index (χ1n) is 6.71. The van der Waals surface area contributed by atoms with E-state index in [9.17, 15) is 4.79 Å². The number of carboxylic acids is 1. The van der Waals surface area contributed by atoms with Gasteiger partial charge >= 0.3 is 5.97 Å². The highest BCUT2D eigenvalue weighted by Gasteiger charge is 2.27. The SMILES string of the molecule is Cc1cc(C(=O)O)ccc1N1CC(C)N(C)C(C)C1. The molecule has 0 spiro atoms. The van der Waals surface area contributed by atoms with E-state index in [1.165, 1.54) is 0 Å². The Morgan fingerprint density at radius 2 is 1.84 bits per heavy atom. The lowest BCUT2D eigenvalue weighted by molar-refractivity contribution is 0.0697. The van der Waals surface area contributed by atoms with Crippen LogP contribution in [0.3, 0.4) is 0 Å². The van der Waals surface area contributed by atoms with E-state index in [2.05, 4.69) is 30.7 Å². The number of aryl methyl sites for hydroxylation is 1. The topological polar surface area (TPSA) is 43.8 Å². The van der Waals surface area contributed by atoms with Gasteiger partial charge in [0.1, 0.15) is 0 Å². The molecule has 4 heteroatoms. The van der Waals surface area contributed by atoms with Crippen LogP contribution in [0.2, 0.25) is 0 Å². The van der Waals surface area contributed by atoms with Crippen molar-refractivity contribution in [3.8, 4) is 0 Å². The molecule has 1 aliphatic rings. The summed E-state index contributed by atoms with van der Waals surface area (Å²) in [6.45, 7) is 8.39. The Bertz CT molecular complexity index is 475. The van der Waals surface area contributed by atoms with Crippen LogP contribution in [-0.4, -0.2) is 48.2 Å². The number of hydrogen-bond acceptors (Lipinski definition) is 3. The van der Waals surface area contributed by atoms with Crippen molar-refractivity contribution in [2.24, 2.45) is 0 Å². The van der Waals surface area contributed by atoms with E-state index in [1.54, 1.807) is 12.1 Å². The summed E-state index contributed by atoms with van der Waals surface area (Å²) in [6, 6.07) is 6.39. The summed E-state index contributed by atoms with van der Waals surface area (Å²) in [5.41, 5.74) is 2.54. The molecule has 1 fully saturated rings. The van der Waals surface area contributed by atoms with Crippen molar-refractivity contribution in [3.63, 3.8) is 0 Å². The van der Waals surface area contributed by atoms with Crippen LogP contribution < -0.4 is 4.90 Å². The first-order valence-corrected chi connectivity index (χ1v) is 6.71. The average Bonchev–Trinajstić information content (AvgIpc) is 2.35. The van der Waals surface area contributed by atoms with Gasteiger partial charge in [0, 0.05) is 30.9 Å². The van der Waals surface area contributed by atoms with Gasteiger partial charge in [-0.15, -0.1) is 0 Å². The first-order chi connectivity index (χ1) is 8.90. The zero-order chi connectivity index (χ0) is 14.2. The van der Waals surface area contributed by atoms with Gasteiger partial charge in [-0.05, 0) is 51.6 Å². The predicted molar refractivity (Wildman–Crippen MR) is 77.0 cm³/mol. The van der Waals surface area contributed by atoms with Gasteiger partial charge in [0.25, 0.3) is 0 Å². The van der Waals surface area contributed by atoms with Gasteiger partial charge in [-0.1, -0.05) is 0 Å². The Morgan fingerprint density at radius 3 is 2.32 bits per heavy atom. The second-order valence-electron chi connectivity index (χ2n) is 5.57. The van der Waals surface area contributed by atoms with Crippen molar-refractivity contribution in [3.05, 3.63) is 29.3 Å². The van der Waals surface area contributed by atoms with Crippen LogP contribution in [0, 0.1) is 6.92 Å². The van der Waals surface area contributed by atoms with Crippen LogP contribution in [0.5, 0.6) is 0 Å². The Hall–Kier alpha value is -1.55. The van der Waals surface area contributed by atoms with Crippen molar-refractivity contribution < 1.29 is 9.90 Å². The number of anilines is 1. The summed E-state index contributed by atoms with van der Waals surface area (Å²) in [7, 11) is 2.16. The number of rotatable bonds is 2. The number of benzene rings is 1. The molecule has 2 unspecified atom stereocenters. The molecule has 104 valence electrons. The number of aromatic carboxylic acids is 1. The van der Waals surface area contributed by atoms with Crippen molar-refractivity contribution >= 4 is 11.7 Å². The normalized spacial score (nSPS) is 24.5. The van der Waals surface area contributed by atoms with E-state index in [0.717, 1.165) is 24.3 Å². The lowest BCUT2D eigenvalue weighted by Gasteiger charge is -2.44. The smallest absolute Gasteiger partial charge is 0.335 e. The molecule has 19 heavy (non-hydrogen) atoms. The fraction of sp³-hybridized carbons (Fsp3) is 0.533. The fourth-order valence-electron chi connectivity index (χ4n) is 2.74. The highest BCUT2D eigenvalue weighted by Crippen LogP contribution is 2.25. The van der Waals surface area contributed by atoms with Gasteiger partial charge in [-0.3, -0.25) is 4.90 Å². The monoisotopic (exact) mass is 262 g/mol. The molecule has 1 saturated heterocycles. The maximum absolute atomic E-state index is 11.0. The second-order valence-corrected chi connectivity index (χ2v) is 5.57. The van der Waals surface area contributed by atoms with Crippen molar-refractivity contribution in [1.82, 2.24) is 4.90 Å². The van der Waals surface area contributed by atoms with Gasteiger partial charge in [0.2, 0.25) is 0 Å². The fourth-order valence-corrected chi connectivity index (χ4v) is 2.74. The van der Waals surface area contributed by atoms with Crippen LogP contribution in [0.4, 0.5) is 5.69 Å². The summed E-state index contributed by atoms with van der Waals surface area (Å²) < 4.78 is 0. The number of piperazine rings is 1. The Labute approximate surface area is 114 Å². The summed E-state index contributed by atoms with van der Waals surface area (Å²) >= 11 is 0. The molecule has 2 atom stereocenters. The van der Waals surface area contributed by atoms with E-state index in [4.69, 9.17) is 5.11 Å². The minimum Gasteiger partial charge on any atom is -0.478 e. The maximum Gasteiger partial charge on any atom is 0.335 e. The van der Waals surface area contributed by atoms with Crippen LogP contribution in [0.15, 0.2) is 18.2 Å². The molecule has 2 rings (SSSR count). The molecular formula is C15H22N2O2.